The Morgan fingerprint density at radius 3 is 1.62 bits per heavy atom. The van der Waals surface area contributed by atoms with Gasteiger partial charge in [0.25, 0.3) is 0 Å². The number of hydrogen-bond donors (Lipinski definition) is 0. The van der Waals surface area contributed by atoms with Crippen LogP contribution >= 0.6 is 0 Å². The van der Waals surface area contributed by atoms with Gasteiger partial charge in [0, 0.05) is 11.1 Å². The molecular weight excluding hydrogens is 314 g/mol. The van der Waals surface area contributed by atoms with Crippen LogP contribution in [0.3, 0.4) is 0 Å². The Morgan fingerprint density at radius 2 is 1.23 bits per heavy atom. The van der Waals surface area contributed by atoms with E-state index in [-0.39, 0.29) is 5.54 Å². The van der Waals surface area contributed by atoms with Gasteiger partial charge in [-0.25, -0.2) is 0 Å². The van der Waals surface area contributed by atoms with Crippen LogP contribution in [0.1, 0.15) is 56.6 Å². The normalized spacial score (nSPS) is 11.0. The fraction of sp³-hybridized carbons (Fsp3) is 0.320. The van der Waals surface area contributed by atoms with E-state index in [1.54, 1.807) is 0 Å². The van der Waals surface area contributed by atoms with Gasteiger partial charge in [-0.1, -0.05) is 72.8 Å². The zero-order chi connectivity index (χ0) is 18.7. The van der Waals surface area contributed by atoms with E-state index in [4.69, 9.17) is 4.99 Å². The number of allylic oxidation sites excluding steroid dienone is 2. The van der Waals surface area contributed by atoms with Crippen molar-refractivity contribution in [2.75, 3.05) is 0 Å². The van der Waals surface area contributed by atoms with Crippen LogP contribution < -0.4 is 0 Å². The molecule has 0 N–H and O–H groups in total. The van der Waals surface area contributed by atoms with Gasteiger partial charge in [0.2, 0.25) is 0 Å². The number of rotatable bonds is 11. The third-order valence-corrected chi connectivity index (χ3v) is 4.72. The van der Waals surface area contributed by atoms with E-state index in [1.165, 1.54) is 11.1 Å². The molecule has 0 aliphatic rings. The Balaban J connectivity index is 2.40. The van der Waals surface area contributed by atoms with E-state index < -0.39 is 0 Å². The monoisotopic (exact) mass is 345 g/mol. The van der Waals surface area contributed by atoms with Gasteiger partial charge in [-0.05, 0) is 45.4 Å². The van der Waals surface area contributed by atoms with Crippen molar-refractivity contribution in [1.29, 1.82) is 0 Å². The number of unbranched alkanes of at least 4 members (excludes halogenated alkanes) is 2. The smallest absolute Gasteiger partial charge is 0.0725 e. The van der Waals surface area contributed by atoms with Crippen LogP contribution in [-0.2, 0) is 0 Å². The van der Waals surface area contributed by atoms with Gasteiger partial charge in [0.05, 0.1) is 11.3 Å². The van der Waals surface area contributed by atoms with Crippen molar-refractivity contribution in [3.05, 3.63) is 97.1 Å². The highest BCUT2D eigenvalue weighted by molar-refractivity contribution is 6.13. The molecule has 0 atom stereocenters. The molecule has 0 bridgehead atoms. The molecule has 0 fully saturated rings. The minimum absolute atomic E-state index is 0.0764. The summed E-state index contributed by atoms with van der Waals surface area (Å²) < 4.78 is 0. The molecule has 0 saturated heterocycles. The first-order valence-corrected chi connectivity index (χ1v) is 9.61. The minimum Gasteiger partial charge on any atom is -0.278 e. The molecule has 0 heterocycles. The second-order valence-electron chi connectivity index (χ2n) is 7.05. The molecule has 26 heavy (non-hydrogen) atoms. The van der Waals surface area contributed by atoms with Gasteiger partial charge < -0.3 is 0 Å². The standard InChI is InChI=1S/C25H31N/c1-4-6-14-20-25(3,21-15-7-5-2)26-24(22-16-10-8-11-17-22)23-18-12-9-13-19-23/h4-5,8-13,16-19H,1-2,6-7,14-15,20-21H2,3H3. The summed E-state index contributed by atoms with van der Waals surface area (Å²) in [6.45, 7) is 10.0. The van der Waals surface area contributed by atoms with Crippen LogP contribution in [-0.4, -0.2) is 11.3 Å². The lowest BCUT2D eigenvalue weighted by molar-refractivity contribution is 0.385. The van der Waals surface area contributed by atoms with Crippen LogP contribution in [0.15, 0.2) is 91.0 Å². The Bertz CT molecular complexity index is 642. The molecular formula is C25H31N. The number of benzene rings is 2. The van der Waals surface area contributed by atoms with Gasteiger partial charge >= 0.3 is 0 Å². The van der Waals surface area contributed by atoms with Gasteiger partial charge in [0.1, 0.15) is 0 Å². The summed E-state index contributed by atoms with van der Waals surface area (Å²) in [7, 11) is 0. The van der Waals surface area contributed by atoms with Crippen molar-refractivity contribution in [3.63, 3.8) is 0 Å². The van der Waals surface area contributed by atoms with Gasteiger partial charge in [-0.15, -0.1) is 13.2 Å². The quantitative estimate of drug-likeness (QED) is 0.236. The fourth-order valence-electron chi connectivity index (χ4n) is 3.25. The summed E-state index contributed by atoms with van der Waals surface area (Å²) in [6.07, 6.45) is 10.5. The zero-order valence-electron chi connectivity index (χ0n) is 16.0. The predicted octanol–water partition coefficient (Wildman–Crippen LogP) is 7.00. The lowest BCUT2D eigenvalue weighted by Crippen LogP contribution is -2.25. The average molecular weight is 346 g/mol. The van der Waals surface area contributed by atoms with Crippen molar-refractivity contribution in [3.8, 4) is 0 Å². The van der Waals surface area contributed by atoms with Crippen LogP contribution in [0.2, 0.25) is 0 Å². The maximum absolute atomic E-state index is 5.34. The van der Waals surface area contributed by atoms with Crippen LogP contribution in [0, 0.1) is 0 Å². The molecule has 0 spiro atoms. The third kappa shape index (κ3) is 6.15. The summed E-state index contributed by atoms with van der Waals surface area (Å²) in [5.41, 5.74) is 3.37. The summed E-state index contributed by atoms with van der Waals surface area (Å²) in [5, 5.41) is 0. The Hall–Kier alpha value is -2.41. The molecule has 0 saturated carbocycles. The van der Waals surface area contributed by atoms with E-state index in [9.17, 15) is 0 Å². The summed E-state index contributed by atoms with van der Waals surface area (Å²) in [6, 6.07) is 21.1. The van der Waals surface area contributed by atoms with Gasteiger partial charge in [-0.3, -0.25) is 4.99 Å². The van der Waals surface area contributed by atoms with Crippen molar-refractivity contribution in [1.82, 2.24) is 0 Å². The SMILES string of the molecule is C=CCCCC(C)(CCCC=C)N=C(c1ccccc1)c1ccccc1. The van der Waals surface area contributed by atoms with Crippen molar-refractivity contribution in [2.45, 2.75) is 51.0 Å². The minimum atomic E-state index is -0.0764. The summed E-state index contributed by atoms with van der Waals surface area (Å²) >= 11 is 0. The molecule has 2 rings (SSSR count). The van der Waals surface area contributed by atoms with Crippen LogP contribution in [0.5, 0.6) is 0 Å². The lowest BCUT2D eigenvalue weighted by atomic mass is 9.88. The Labute approximate surface area is 159 Å². The summed E-state index contributed by atoms with van der Waals surface area (Å²) in [5.74, 6) is 0. The highest BCUT2D eigenvalue weighted by atomic mass is 14.9. The number of aliphatic imine (C=N–C) groups is 1. The van der Waals surface area contributed by atoms with Gasteiger partial charge in [-0.2, -0.15) is 0 Å². The van der Waals surface area contributed by atoms with Crippen molar-refractivity contribution in [2.24, 2.45) is 4.99 Å². The molecule has 0 amide bonds. The molecule has 1 heteroatoms. The molecule has 0 unspecified atom stereocenters. The van der Waals surface area contributed by atoms with E-state index in [0.29, 0.717) is 0 Å². The first-order chi connectivity index (χ1) is 12.7. The molecule has 0 radical (unpaired) electrons. The summed E-state index contributed by atoms with van der Waals surface area (Å²) in [4.78, 5) is 5.34. The van der Waals surface area contributed by atoms with Crippen molar-refractivity contribution < 1.29 is 0 Å². The van der Waals surface area contributed by atoms with Crippen LogP contribution in [0.4, 0.5) is 0 Å². The molecule has 0 aliphatic carbocycles. The second-order valence-corrected chi connectivity index (χ2v) is 7.05. The van der Waals surface area contributed by atoms with E-state index in [1.807, 2.05) is 12.2 Å². The zero-order valence-corrected chi connectivity index (χ0v) is 16.0. The first-order valence-electron chi connectivity index (χ1n) is 9.61. The molecule has 0 aliphatic heterocycles. The topological polar surface area (TPSA) is 12.4 Å². The van der Waals surface area contributed by atoms with Crippen molar-refractivity contribution >= 4 is 5.71 Å². The molecule has 0 aromatic heterocycles. The average Bonchev–Trinajstić information content (AvgIpc) is 2.68. The van der Waals surface area contributed by atoms with E-state index in [2.05, 4.69) is 80.7 Å². The van der Waals surface area contributed by atoms with Crippen LogP contribution in [0.25, 0.3) is 0 Å². The maximum Gasteiger partial charge on any atom is 0.0725 e. The Morgan fingerprint density at radius 1 is 0.808 bits per heavy atom. The lowest BCUT2D eigenvalue weighted by Gasteiger charge is -2.27. The highest BCUT2D eigenvalue weighted by Gasteiger charge is 2.24. The maximum atomic E-state index is 5.34. The molecule has 1 nitrogen and oxygen atoms in total. The molecule has 2 aromatic carbocycles. The number of nitrogens with zero attached hydrogens (tertiary/aromatic N) is 1. The Kier molecular flexibility index (Phi) is 8.08. The number of hydrogen-bond acceptors (Lipinski definition) is 1. The molecule has 2 aromatic rings. The fourth-order valence-corrected chi connectivity index (χ4v) is 3.25. The third-order valence-electron chi connectivity index (χ3n) is 4.72. The van der Waals surface area contributed by atoms with E-state index >= 15 is 0 Å². The van der Waals surface area contributed by atoms with E-state index in [0.717, 1.165) is 44.2 Å². The first kappa shape index (κ1) is 19.9. The second kappa shape index (κ2) is 10.6. The highest BCUT2D eigenvalue weighted by Crippen LogP contribution is 2.28. The van der Waals surface area contributed by atoms with Gasteiger partial charge in [0.15, 0.2) is 0 Å². The predicted molar refractivity (Wildman–Crippen MR) is 115 cm³/mol. The largest absolute Gasteiger partial charge is 0.278 e. The molecule has 136 valence electrons.